The Balaban J connectivity index is 1.84. The van der Waals surface area contributed by atoms with E-state index in [0.29, 0.717) is 12.8 Å². The smallest absolute Gasteiger partial charge is 0.347 e. The minimum absolute atomic E-state index is 0.0663. The van der Waals surface area contributed by atoms with E-state index in [9.17, 15) is 14.4 Å². The number of allylic oxidation sites excluding steroid dienone is 2. The average Bonchev–Trinajstić information content (AvgIpc) is 2.88. The molecule has 0 spiro atoms. The van der Waals surface area contributed by atoms with Gasteiger partial charge in [-0.1, -0.05) is 30.1 Å². The Morgan fingerprint density at radius 2 is 1.96 bits per heavy atom. The normalized spacial score (nSPS) is 20.9. The summed E-state index contributed by atoms with van der Waals surface area (Å²) in [7, 11) is 0. The number of benzene rings is 1. The fourth-order valence-electron chi connectivity index (χ4n) is 3.60. The maximum Gasteiger partial charge on any atom is 0.347 e. The molecule has 3 rings (SSSR count). The molecule has 1 aromatic rings. The van der Waals surface area contributed by atoms with Crippen LogP contribution in [0.3, 0.4) is 0 Å². The number of carbonyl (C=O) groups is 3. The van der Waals surface area contributed by atoms with Crippen molar-refractivity contribution in [3.63, 3.8) is 0 Å². The van der Waals surface area contributed by atoms with Gasteiger partial charge in [0.1, 0.15) is 10.8 Å². The number of aliphatic carboxylic acids is 1. The number of fused-ring (bicyclic) bond motifs is 3. The van der Waals surface area contributed by atoms with Crippen molar-refractivity contribution >= 4 is 46.5 Å². The highest BCUT2D eigenvalue weighted by atomic mass is 35.5. The zero-order valence-electron chi connectivity index (χ0n) is 15.7. The van der Waals surface area contributed by atoms with Gasteiger partial charge in [-0.05, 0) is 55.4 Å². The van der Waals surface area contributed by atoms with Gasteiger partial charge in [0.05, 0.1) is 5.02 Å². The monoisotopic (exact) mass is 426 g/mol. The van der Waals surface area contributed by atoms with Gasteiger partial charge in [-0.25, -0.2) is 9.59 Å². The third-order valence-corrected chi connectivity index (χ3v) is 6.06. The molecule has 0 amide bonds. The third-order valence-electron chi connectivity index (χ3n) is 5.21. The lowest BCUT2D eigenvalue weighted by molar-refractivity contribution is -0.175. The first-order valence-corrected chi connectivity index (χ1v) is 9.54. The predicted molar refractivity (Wildman–Crippen MR) is 104 cm³/mol. The Bertz CT molecular complexity index is 918. The molecule has 28 heavy (non-hydrogen) atoms. The van der Waals surface area contributed by atoms with Crippen LogP contribution in [0.25, 0.3) is 5.57 Å². The molecule has 1 aromatic carbocycles. The highest BCUT2D eigenvalue weighted by molar-refractivity contribution is 6.44. The second-order valence-electron chi connectivity index (χ2n) is 7.88. The fourth-order valence-corrected chi connectivity index (χ4v) is 4.12. The maximum absolute atomic E-state index is 11.9. The molecule has 1 atom stereocenters. The molecule has 2 aliphatic carbocycles. The van der Waals surface area contributed by atoms with Crippen molar-refractivity contribution in [3.05, 3.63) is 33.3 Å². The van der Waals surface area contributed by atoms with Crippen LogP contribution in [0.4, 0.5) is 0 Å². The molecule has 0 saturated carbocycles. The number of rotatable bonds is 5. The highest BCUT2D eigenvalue weighted by Gasteiger charge is 2.42. The van der Waals surface area contributed by atoms with E-state index >= 15 is 0 Å². The first kappa shape index (κ1) is 20.7. The number of hydrogen-bond acceptors (Lipinski definition) is 5. The van der Waals surface area contributed by atoms with Crippen LogP contribution in [0, 0.1) is 5.41 Å². The van der Waals surface area contributed by atoms with E-state index in [4.69, 9.17) is 37.8 Å². The molecule has 0 radical (unpaired) electrons. The van der Waals surface area contributed by atoms with Crippen molar-refractivity contribution in [2.75, 3.05) is 6.61 Å². The molecule has 1 N–H and O–H groups in total. The van der Waals surface area contributed by atoms with Gasteiger partial charge >= 0.3 is 11.9 Å². The zero-order valence-corrected chi connectivity index (χ0v) is 17.2. The van der Waals surface area contributed by atoms with Gasteiger partial charge < -0.3 is 14.6 Å². The summed E-state index contributed by atoms with van der Waals surface area (Å²) in [5, 5.41) is 9.43. The van der Waals surface area contributed by atoms with Gasteiger partial charge in [0, 0.05) is 12.0 Å². The number of carboxylic acid groups (broad SMARTS) is 1. The van der Waals surface area contributed by atoms with Crippen molar-refractivity contribution in [2.45, 2.75) is 45.6 Å². The van der Waals surface area contributed by atoms with Crippen molar-refractivity contribution in [1.29, 1.82) is 0 Å². The fraction of sp³-hybridized carbons (Fsp3) is 0.450. The van der Waals surface area contributed by atoms with Crippen LogP contribution in [0.2, 0.25) is 10.0 Å². The number of hydrogen-bond donors (Lipinski definition) is 1. The van der Waals surface area contributed by atoms with E-state index in [1.807, 2.05) is 0 Å². The van der Waals surface area contributed by atoms with Crippen molar-refractivity contribution in [2.24, 2.45) is 5.41 Å². The quantitative estimate of drug-likeness (QED) is 0.713. The molecular weight excluding hydrogens is 407 g/mol. The van der Waals surface area contributed by atoms with Crippen LogP contribution in [-0.4, -0.2) is 35.0 Å². The SMILES string of the molecule is CC12CCC(=O)C=C1c1c(cc(OCC(=O)OC(C)(C)C(=O)O)c(Cl)c1Cl)C2. The molecule has 0 bridgehead atoms. The molecule has 8 heteroatoms. The maximum atomic E-state index is 11.9. The van der Waals surface area contributed by atoms with Crippen molar-refractivity contribution in [1.82, 2.24) is 0 Å². The second-order valence-corrected chi connectivity index (χ2v) is 8.63. The van der Waals surface area contributed by atoms with Gasteiger partial charge in [0.2, 0.25) is 5.60 Å². The standard InChI is InChI=1S/C20H20Cl2O6/c1-19(2,18(25)26)28-14(24)9-27-13-6-10-8-20(3)5-4-11(23)7-12(20)15(10)17(22)16(13)21/h6-7H,4-5,8-9H2,1-3H3,(H,25,26). The largest absolute Gasteiger partial charge is 0.480 e. The lowest BCUT2D eigenvalue weighted by Crippen LogP contribution is -2.38. The Labute approximate surface area is 172 Å². The Kier molecular flexibility index (Phi) is 5.23. The van der Waals surface area contributed by atoms with Crippen molar-refractivity contribution in [3.8, 4) is 5.75 Å². The van der Waals surface area contributed by atoms with Crippen LogP contribution in [0.5, 0.6) is 5.75 Å². The summed E-state index contributed by atoms with van der Waals surface area (Å²) < 4.78 is 10.4. The van der Waals surface area contributed by atoms with Crippen molar-refractivity contribution < 1.29 is 29.0 Å². The van der Waals surface area contributed by atoms with E-state index < -0.39 is 24.1 Å². The number of ketones is 1. The van der Waals surface area contributed by atoms with Gasteiger partial charge in [-0.15, -0.1) is 0 Å². The summed E-state index contributed by atoms with van der Waals surface area (Å²) in [6.07, 6.45) is 3.55. The zero-order chi connectivity index (χ0) is 20.9. The molecule has 6 nitrogen and oxygen atoms in total. The number of esters is 1. The molecular formula is C20H20Cl2O6. The predicted octanol–water partition coefficient (Wildman–Crippen LogP) is 4.09. The average molecular weight is 427 g/mol. The Morgan fingerprint density at radius 3 is 2.61 bits per heavy atom. The first-order valence-electron chi connectivity index (χ1n) is 8.79. The first-order chi connectivity index (χ1) is 12.9. The second kappa shape index (κ2) is 7.08. The minimum atomic E-state index is -1.66. The molecule has 1 unspecified atom stereocenters. The molecule has 0 aliphatic heterocycles. The molecule has 2 aliphatic rings. The Hall–Kier alpha value is -2.05. The molecule has 0 fully saturated rings. The molecule has 0 heterocycles. The van der Waals surface area contributed by atoms with Gasteiger partial charge in [-0.3, -0.25) is 4.79 Å². The van der Waals surface area contributed by atoms with Crippen LogP contribution in [-0.2, 0) is 25.5 Å². The van der Waals surface area contributed by atoms with Gasteiger partial charge in [0.25, 0.3) is 0 Å². The number of ether oxygens (including phenoxy) is 2. The molecule has 0 saturated heterocycles. The summed E-state index contributed by atoms with van der Waals surface area (Å²) in [6, 6.07) is 1.72. The number of carboxylic acids is 1. The van der Waals surface area contributed by atoms with E-state index in [-0.39, 0.29) is 27.0 Å². The third kappa shape index (κ3) is 3.63. The van der Waals surface area contributed by atoms with Crippen LogP contribution >= 0.6 is 23.2 Å². The van der Waals surface area contributed by atoms with Crippen LogP contribution < -0.4 is 4.74 Å². The van der Waals surface area contributed by atoms with Crippen LogP contribution in [0.15, 0.2) is 12.1 Å². The lowest BCUT2D eigenvalue weighted by Gasteiger charge is -2.29. The van der Waals surface area contributed by atoms with Gasteiger partial charge in [-0.2, -0.15) is 0 Å². The summed E-state index contributed by atoms with van der Waals surface area (Å²) in [6.45, 7) is 4.11. The summed E-state index contributed by atoms with van der Waals surface area (Å²) >= 11 is 12.8. The minimum Gasteiger partial charge on any atom is -0.480 e. The van der Waals surface area contributed by atoms with E-state index in [1.54, 1.807) is 12.1 Å². The van der Waals surface area contributed by atoms with Crippen LogP contribution in [0.1, 0.15) is 44.7 Å². The lowest BCUT2D eigenvalue weighted by atomic mass is 9.74. The van der Waals surface area contributed by atoms with E-state index in [2.05, 4.69) is 6.92 Å². The van der Waals surface area contributed by atoms with E-state index in [1.165, 1.54) is 13.8 Å². The van der Waals surface area contributed by atoms with Gasteiger partial charge in [0.15, 0.2) is 12.4 Å². The molecule has 150 valence electrons. The number of carbonyl (C=O) groups excluding carboxylic acids is 2. The summed E-state index contributed by atoms with van der Waals surface area (Å²) in [5.41, 5.74) is 0.686. The topological polar surface area (TPSA) is 89.9 Å². The number of halogens is 2. The summed E-state index contributed by atoms with van der Waals surface area (Å²) in [4.78, 5) is 34.9. The highest BCUT2D eigenvalue weighted by Crippen LogP contribution is 2.55. The molecule has 0 aromatic heterocycles. The summed E-state index contributed by atoms with van der Waals surface area (Å²) in [5.74, 6) is -1.83. The van der Waals surface area contributed by atoms with E-state index in [0.717, 1.165) is 23.1 Å². The Morgan fingerprint density at radius 1 is 1.29 bits per heavy atom.